The number of amides is 1. The van der Waals surface area contributed by atoms with Crippen LogP contribution < -0.4 is 9.47 Å². The summed E-state index contributed by atoms with van der Waals surface area (Å²) in [5.74, 6) is 0.169. The molecule has 1 atom stereocenters. The van der Waals surface area contributed by atoms with Crippen LogP contribution in [0.3, 0.4) is 0 Å². The fourth-order valence-corrected chi connectivity index (χ4v) is 4.48. The van der Waals surface area contributed by atoms with Gasteiger partial charge in [0.1, 0.15) is 18.1 Å². The van der Waals surface area contributed by atoms with Crippen LogP contribution in [0, 0.1) is 0 Å². The smallest absolute Gasteiger partial charge is 0.409 e. The van der Waals surface area contributed by atoms with Crippen molar-refractivity contribution in [2.24, 2.45) is 0 Å². The van der Waals surface area contributed by atoms with Crippen LogP contribution in [0.15, 0.2) is 72.8 Å². The first-order chi connectivity index (χ1) is 19.8. The summed E-state index contributed by atoms with van der Waals surface area (Å²) in [6, 6.07) is 22.0. The zero-order valence-corrected chi connectivity index (χ0v) is 24.5. The molecule has 10 heteroatoms. The van der Waals surface area contributed by atoms with E-state index in [0.29, 0.717) is 60.7 Å². The second-order valence-corrected chi connectivity index (χ2v) is 10.00. The molecule has 0 bridgehead atoms. The molecule has 0 aromatic heterocycles. The third kappa shape index (κ3) is 11.9. The van der Waals surface area contributed by atoms with Crippen LogP contribution in [0.2, 0.25) is 10.0 Å². The molecule has 0 heterocycles. The van der Waals surface area contributed by atoms with Gasteiger partial charge < -0.3 is 29.0 Å². The number of carbonyl (C=O) groups excluding carboxylic acids is 1. The van der Waals surface area contributed by atoms with Gasteiger partial charge in [0.2, 0.25) is 0 Å². The Balaban J connectivity index is 1.51. The minimum atomic E-state index is -0.996. The molecule has 3 rings (SSSR count). The molecular formula is C31H35Cl2NO7. The van der Waals surface area contributed by atoms with Crippen LogP contribution in [-0.4, -0.2) is 67.7 Å². The van der Waals surface area contributed by atoms with E-state index in [1.165, 1.54) is 0 Å². The highest BCUT2D eigenvalue weighted by Crippen LogP contribution is 2.24. The molecule has 0 radical (unpaired) electrons. The van der Waals surface area contributed by atoms with Crippen LogP contribution in [0.5, 0.6) is 11.5 Å². The zero-order chi connectivity index (χ0) is 29.5. The molecule has 3 aromatic rings. The van der Waals surface area contributed by atoms with Gasteiger partial charge in [-0.05, 0) is 54.8 Å². The lowest BCUT2D eigenvalue weighted by atomic mass is 10.1. The molecule has 0 aliphatic rings. The van der Waals surface area contributed by atoms with Gasteiger partial charge in [-0.2, -0.15) is 0 Å². The second-order valence-electron chi connectivity index (χ2n) is 9.12. The van der Waals surface area contributed by atoms with E-state index in [4.69, 9.17) is 42.1 Å². The van der Waals surface area contributed by atoms with Crippen molar-refractivity contribution in [2.45, 2.75) is 32.3 Å². The van der Waals surface area contributed by atoms with Crippen LogP contribution >= 0.6 is 23.2 Å². The molecule has 0 fully saturated rings. The predicted octanol–water partition coefficient (Wildman–Crippen LogP) is 6.55. The Morgan fingerprint density at radius 1 is 0.829 bits per heavy atom. The lowest BCUT2D eigenvalue weighted by molar-refractivity contribution is -0.149. The van der Waals surface area contributed by atoms with Gasteiger partial charge in [0.05, 0.1) is 19.8 Å². The Labute approximate surface area is 250 Å². The first-order valence-corrected chi connectivity index (χ1v) is 14.2. The summed E-state index contributed by atoms with van der Waals surface area (Å²) in [5.41, 5.74) is 1.91. The molecule has 0 spiro atoms. The Morgan fingerprint density at radius 3 is 2.17 bits per heavy atom. The molecule has 0 saturated heterocycles. The van der Waals surface area contributed by atoms with Crippen molar-refractivity contribution >= 4 is 35.3 Å². The standard InChI is InChI=1S/C31H35Cl2NO7/c1-2-38-29(30(35)36)19-24-9-11-27(12-10-24)40-18-15-34(31(37)41-17-13-23-7-4-3-5-8-23)14-6-16-39-28-21-25(32)20-26(33)22-28/h3-5,7-12,20-22,29H,2,6,13-19H2,1H3,(H,35,36). The third-order valence-corrected chi connectivity index (χ3v) is 6.45. The van der Waals surface area contributed by atoms with Crippen LogP contribution in [0.4, 0.5) is 4.79 Å². The average molecular weight is 605 g/mol. The number of hydrogen-bond acceptors (Lipinski definition) is 6. The second kappa shape index (κ2) is 17.4. The number of carbonyl (C=O) groups is 2. The highest BCUT2D eigenvalue weighted by molar-refractivity contribution is 6.34. The minimum Gasteiger partial charge on any atom is -0.493 e. The molecule has 1 amide bonds. The molecule has 0 aliphatic carbocycles. The topological polar surface area (TPSA) is 94.5 Å². The van der Waals surface area contributed by atoms with E-state index in [1.807, 2.05) is 30.3 Å². The Bertz CT molecular complexity index is 1200. The lowest BCUT2D eigenvalue weighted by Crippen LogP contribution is -2.36. The van der Waals surface area contributed by atoms with E-state index in [1.54, 1.807) is 54.3 Å². The molecule has 8 nitrogen and oxygen atoms in total. The summed E-state index contributed by atoms with van der Waals surface area (Å²) >= 11 is 12.1. The summed E-state index contributed by atoms with van der Waals surface area (Å²) in [4.78, 5) is 25.8. The van der Waals surface area contributed by atoms with Crippen molar-refractivity contribution in [1.29, 1.82) is 0 Å². The maximum atomic E-state index is 12.9. The normalized spacial score (nSPS) is 11.5. The third-order valence-electron chi connectivity index (χ3n) is 6.01. The van der Waals surface area contributed by atoms with Crippen molar-refractivity contribution in [1.82, 2.24) is 4.90 Å². The summed E-state index contributed by atoms with van der Waals surface area (Å²) in [6.07, 6.45) is 0.107. The molecular weight excluding hydrogens is 569 g/mol. The number of hydrogen-bond donors (Lipinski definition) is 1. The fourth-order valence-electron chi connectivity index (χ4n) is 3.97. The van der Waals surface area contributed by atoms with Crippen LogP contribution in [0.1, 0.15) is 24.5 Å². The van der Waals surface area contributed by atoms with Gasteiger partial charge in [0.15, 0.2) is 6.10 Å². The van der Waals surface area contributed by atoms with E-state index in [9.17, 15) is 14.7 Å². The maximum Gasteiger partial charge on any atom is 0.409 e. The van der Waals surface area contributed by atoms with Crippen molar-refractivity contribution in [2.75, 3.05) is 39.5 Å². The van der Waals surface area contributed by atoms with E-state index >= 15 is 0 Å². The SMILES string of the molecule is CCOC(Cc1ccc(OCCN(CCCOc2cc(Cl)cc(Cl)c2)C(=O)OCCc2ccccc2)cc1)C(=O)O. The fraction of sp³-hybridized carbons (Fsp3) is 0.355. The van der Waals surface area contributed by atoms with Crippen molar-refractivity contribution in [3.05, 3.63) is 94.0 Å². The van der Waals surface area contributed by atoms with E-state index in [-0.39, 0.29) is 19.6 Å². The molecule has 41 heavy (non-hydrogen) atoms. The number of nitrogens with zero attached hydrogens (tertiary/aromatic N) is 1. The molecule has 220 valence electrons. The quantitative estimate of drug-likeness (QED) is 0.175. The summed E-state index contributed by atoms with van der Waals surface area (Å²) < 4.78 is 22.4. The van der Waals surface area contributed by atoms with Gasteiger partial charge >= 0.3 is 12.1 Å². The average Bonchev–Trinajstić information content (AvgIpc) is 2.95. The molecule has 3 aromatic carbocycles. The summed E-state index contributed by atoms with van der Waals surface area (Å²) in [7, 11) is 0. The number of carboxylic acids is 1. The molecule has 1 N–H and O–H groups in total. The summed E-state index contributed by atoms with van der Waals surface area (Å²) in [5, 5.41) is 10.3. The van der Waals surface area contributed by atoms with E-state index in [2.05, 4.69) is 0 Å². The number of carboxylic acid groups (broad SMARTS) is 1. The number of benzene rings is 3. The predicted molar refractivity (Wildman–Crippen MR) is 158 cm³/mol. The summed E-state index contributed by atoms with van der Waals surface area (Å²) in [6.45, 7) is 3.65. The van der Waals surface area contributed by atoms with E-state index < -0.39 is 18.2 Å². The first kappa shape index (κ1) is 32.1. The van der Waals surface area contributed by atoms with E-state index in [0.717, 1.165) is 11.1 Å². The van der Waals surface area contributed by atoms with Gasteiger partial charge in [0.25, 0.3) is 0 Å². The number of aliphatic carboxylic acids is 1. The monoisotopic (exact) mass is 603 g/mol. The van der Waals surface area contributed by atoms with Crippen LogP contribution in [-0.2, 0) is 27.1 Å². The Hall–Kier alpha value is -3.46. The van der Waals surface area contributed by atoms with Gasteiger partial charge in [-0.25, -0.2) is 9.59 Å². The zero-order valence-electron chi connectivity index (χ0n) is 23.0. The first-order valence-electron chi connectivity index (χ1n) is 13.4. The Morgan fingerprint density at radius 2 is 1.51 bits per heavy atom. The number of ether oxygens (including phenoxy) is 4. The minimum absolute atomic E-state index is 0.245. The van der Waals surface area contributed by atoms with Gasteiger partial charge in [0, 0.05) is 36.0 Å². The number of rotatable bonds is 17. The lowest BCUT2D eigenvalue weighted by Gasteiger charge is -2.22. The highest BCUT2D eigenvalue weighted by Gasteiger charge is 2.18. The van der Waals surface area contributed by atoms with Crippen molar-refractivity contribution in [3.8, 4) is 11.5 Å². The Kier molecular flexibility index (Phi) is 13.6. The number of halogens is 2. The van der Waals surface area contributed by atoms with Gasteiger partial charge in [-0.3, -0.25) is 0 Å². The largest absolute Gasteiger partial charge is 0.493 e. The maximum absolute atomic E-state index is 12.9. The van der Waals surface area contributed by atoms with Crippen molar-refractivity contribution in [3.63, 3.8) is 0 Å². The molecule has 0 aliphatic heterocycles. The van der Waals surface area contributed by atoms with Crippen molar-refractivity contribution < 1.29 is 33.6 Å². The van der Waals surface area contributed by atoms with Gasteiger partial charge in [-0.1, -0.05) is 65.7 Å². The highest BCUT2D eigenvalue weighted by atomic mass is 35.5. The van der Waals surface area contributed by atoms with Gasteiger partial charge in [-0.15, -0.1) is 0 Å². The molecule has 1 unspecified atom stereocenters. The van der Waals surface area contributed by atoms with Crippen LogP contribution in [0.25, 0.3) is 0 Å². The molecule has 0 saturated carbocycles.